The van der Waals surface area contributed by atoms with Crippen molar-refractivity contribution in [3.63, 3.8) is 0 Å². The zero-order chi connectivity index (χ0) is 17.8. The molecule has 0 aliphatic carbocycles. The fourth-order valence-electron chi connectivity index (χ4n) is 2.76. The summed E-state index contributed by atoms with van der Waals surface area (Å²) in [5.74, 6) is 0.446. The normalized spacial score (nSPS) is 13.0. The van der Waals surface area contributed by atoms with Crippen molar-refractivity contribution in [2.24, 2.45) is 0 Å². The Balaban J connectivity index is 1.89. The van der Waals surface area contributed by atoms with Gasteiger partial charge in [-0.3, -0.25) is 0 Å². The molecule has 4 nitrogen and oxygen atoms in total. The second-order valence-electron chi connectivity index (χ2n) is 5.93. The number of hydrogen-bond acceptors (Lipinski definition) is 3. The van der Waals surface area contributed by atoms with Gasteiger partial charge in [-0.05, 0) is 42.0 Å². The number of aromatic hydroxyl groups is 1. The van der Waals surface area contributed by atoms with Crippen LogP contribution in [0.25, 0.3) is 10.8 Å². The van der Waals surface area contributed by atoms with Crippen LogP contribution >= 0.6 is 0 Å². The molecule has 1 unspecified atom stereocenters. The van der Waals surface area contributed by atoms with Crippen LogP contribution in [0.2, 0.25) is 0 Å². The summed E-state index contributed by atoms with van der Waals surface area (Å²) < 4.78 is 6.28. The molecule has 128 valence electrons. The first-order chi connectivity index (χ1) is 12.1. The van der Waals surface area contributed by atoms with Gasteiger partial charge in [-0.25, -0.2) is 4.74 Å². The zero-order valence-electron chi connectivity index (χ0n) is 14.3. The Morgan fingerprint density at radius 2 is 1.84 bits per heavy atom. The molecule has 0 aliphatic rings. The van der Waals surface area contributed by atoms with E-state index in [4.69, 9.17) is 4.74 Å². The largest absolute Gasteiger partial charge is 0.623 e. The number of hydrogen-bond donors (Lipinski definition) is 1. The van der Waals surface area contributed by atoms with Crippen LogP contribution in [-0.4, -0.2) is 22.7 Å². The summed E-state index contributed by atoms with van der Waals surface area (Å²) in [4.78, 5) is 0. The van der Waals surface area contributed by atoms with Crippen LogP contribution in [0.3, 0.4) is 0 Å². The monoisotopic (exact) mass is 335 g/mol. The zero-order valence-corrected chi connectivity index (χ0v) is 14.3. The minimum Gasteiger partial charge on any atom is -0.623 e. The van der Waals surface area contributed by atoms with Gasteiger partial charge >= 0.3 is 0 Å². The first kappa shape index (κ1) is 16.8. The predicted octanol–water partition coefficient (Wildman–Crippen LogP) is 4.63. The van der Waals surface area contributed by atoms with Crippen molar-refractivity contribution in [2.45, 2.75) is 19.9 Å². The van der Waals surface area contributed by atoms with Crippen LogP contribution < -0.4 is 4.74 Å². The maximum absolute atomic E-state index is 12.6. The Hall–Kier alpha value is -3.01. The lowest BCUT2D eigenvalue weighted by Crippen LogP contribution is -2.11. The maximum Gasteiger partial charge on any atom is 0.185 e. The first-order valence-corrected chi connectivity index (χ1v) is 8.33. The minimum absolute atomic E-state index is 0.0685. The summed E-state index contributed by atoms with van der Waals surface area (Å²) in [6.07, 6.45) is 1.52. The van der Waals surface area contributed by atoms with Gasteiger partial charge in [0.2, 0.25) is 0 Å². The Kier molecular flexibility index (Phi) is 4.89. The van der Waals surface area contributed by atoms with E-state index in [1.165, 1.54) is 12.3 Å². The van der Waals surface area contributed by atoms with Crippen molar-refractivity contribution < 1.29 is 14.6 Å². The number of nitrogens with zero attached hydrogens (tertiary/aromatic N) is 1. The Labute approximate surface area is 147 Å². The molecule has 3 rings (SSSR count). The average Bonchev–Trinajstić information content (AvgIpc) is 2.63. The molecule has 0 aliphatic heterocycles. The minimum atomic E-state index is -0.325. The highest BCUT2D eigenvalue weighted by Crippen LogP contribution is 2.27. The SMILES string of the molecule is CCOc1cc(C=[N+]([O-])C(C)c2ccc3ccccc3c2)ccc1O. The van der Waals surface area contributed by atoms with Gasteiger partial charge in [0.1, 0.15) is 0 Å². The van der Waals surface area contributed by atoms with Crippen LogP contribution in [0.1, 0.15) is 31.0 Å². The number of phenolic OH excluding ortho intramolecular Hbond substituents is 1. The van der Waals surface area contributed by atoms with E-state index in [9.17, 15) is 10.3 Å². The Bertz CT molecular complexity index is 918. The second-order valence-corrected chi connectivity index (χ2v) is 5.93. The molecule has 1 N–H and O–H groups in total. The van der Waals surface area contributed by atoms with Gasteiger partial charge in [-0.15, -0.1) is 0 Å². The fraction of sp³-hybridized carbons (Fsp3) is 0.190. The summed E-state index contributed by atoms with van der Waals surface area (Å²) in [7, 11) is 0. The molecule has 0 saturated carbocycles. The molecule has 3 aromatic carbocycles. The molecular weight excluding hydrogens is 314 g/mol. The molecule has 3 aromatic rings. The van der Waals surface area contributed by atoms with E-state index in [1.54, 1.807) is 12.1 Å². The molecule has 0 spiro atoms. The van der Waals surface area contributed by atoms with E-state index in [0.717, 1.165) is 21.1 Å². The lowest BCUT2D eigenvalue weighted by atomic mass is 10.0. The average molecular weight is 335 g/mol. The summed E-state index contributed by atoms with van der Waals surface area (Å²) in [6.45, 7) is 4.17. The third-order valence-electron chi connectivity index (χ3n) is 4.20. The summed E-state index contributed by atoms with van der Waals surface area (Å²) in [5, 5.41) is 24.6. The Morgan fingerprint density at radius 3 is 2.60 bits per heavy atom. The molecular formula is C21H21NO3. The van der Waals surface area contributed by atoms with Crippen molar-refractivity contribution in [1.82, 2.24) is 0 Å². The number of hydroxylamine groups is 1. The second kappa shape index (κ2) is 7.26. The third kappa shape index (κ3) is 3.74. The predicted molar refractivity (Wildman–Crippen MR) is 100 cm³/mol. The Morgan fingerprint density at radius 1 is 1.08 bits per heavy atom. The van der Waals surface area contributed by atoms with Crippen LogP contribution in [0.4, 0.5) is 0 Å². The topological polar surface area (TPSA) is 55.5 Å². The van der Waals surface area contributed by atoms with E-state index in [2.05, 4.69) is 6.07 Å². The van der Waals surface area contributed by atoms with Gasteiger partial charge in [0.15, 0.2) is 23.8 Å². The number of ether oxygens (including phenoxy) is 1. The molecule has 25 heavy (non-hydrogen) atoms. The van der Waals surface area contributed by atoms with Gasteiger partial charge in [0, 0.05) is 18.1 Å². The molecule has 0 bridgehead atoms. The fourth-order valence-corrected chi connectivity index (χ4v) is 2.76. The van der Waals surface area contributed by atoms with Crippen molar-refractivity contribution >= 4 is 17.0 Å². The number of benzene rings is 3. The molecule has 0 saturated heterocycles. The van der Waals surface area contributed by atoms with Crippen molar-refractivity contribution in [1.29, 1.82) is 0 Å². The van der Waals surface area contributed by atoms with Gasteiger partial charge in [-0.2, -0.15) is 0 Å². The van der Waals surface area contributed by atoms with Gasteiger partial charge in [0.25, 0.3) is 0 Å². The van der Waals surface area contributed by atoms with E-state index in [1.807, 2.05) is 50.2 Å². The molecule has 0 radical (unpaired) electrons. The van der Waals surface area contributed by atoms with Crippen LogP contribution in [0.5, 0.6) is 11.5 Å². The standard InChI is InChI=1S/C21H21NO3/c1-3-25-21-12-16(8-11-20(21)23)14-22(24)15(2)18-10-9-17-6-4-5-7-19(17)13-18/h4-15,23H,3H2,1-2H3. The summed E-state index contributed by atoms with van der Waals surface area (Å²) in [5.41, 5.74) is 1.64. The maximum atomic E-state index is 12.6. The number of fused-ring (bicyclic) bond motifs is 1. The molecule has 0 amide bonds. The highest BCUT2D eigenvalue weighted by molar-refractivity contribution is 5.83. The highest BCUT2D eigenvalue weighted by Gasteiger charge is 2.13. The van der Waals surface area contributed by atoms with E-state index < -0.39 is 0 Å². The van der Waals surface area contributed by atoms with Crippen molar-refractivity contribution in [3.8, 4) is 11.5 Å². The first-order valence-electron chi connectivity index (χ1n) is 8.33. The molecule has 0 fully saturated rings. The van der Waals surface area contributed by atoms with Crippen LogP contribution in [0.15, 0.2) is 60.7 Å². The highest BCUT2D eigenvalue weighted by atomic mass is 16.5. The summed E-state index contributed by atoms with van der Waals surface area (Å²) in [6, 6.07) is 18.7. The van der Waals surface area contributed by atoms with Crippen molar-refractivity contribution in [2.75, 3.05) is 6.61 Å². The number of phenols is 1. The van der Waals surface area contributed by atoms with Gasteiger partial charge < -0.3 is 15.1 Å². The lowest BCUT2D eigenvalue weighted by molar-refractivity contribution is -0.498. The summed E-state index contributed by atoms with van der Waals surface area (Å²) >= 11 is 0. The van der Waals surface area contributed by atoms with E-state index >= 15 is 0 Å². The number of rotatable bonds is 5. The quantitative estimate of drug-likeness (QED) is 0.320. The van der Waals surface area contributed by atoms with E-state index in [-0.39, 0.29) is 11.8 Å². The van der Waals surface area contributed by atoms with Gasteiger partial charge in [-0.1, -0.05) is 36.4 Å². The van der Waals surface area contributed by atoms with E-state index in [0.29, 0.717) is 17.9 Å². The van der Waals surface area contributed by atoms with Crippen molar-refractivity contribution in [3.05, 3.63) is 77.0 Å². The van der Waals surface area contributed by atoms with Crippen LogP contribution in [0, 0.1) is 5.21 Å². The molecule has 0 heterocycles. The lowest BCUT2D eigenvalue weighted by Gasteiger charge is -2.14. The third-order valence-corrected chi connectivity index (χ3v) is 4.20. The van der Waals surface area contributed by atoms with Crippen LogP contribution in [-0.2, 0) is 0 Å². The van der Waals surface area contributed by atoms with Gasteiger partial charge in [0.05, 0.1) is 6.61 Å². The molecule has 0 aromatic heterocycles. The smallest absolute Gasteiger partial charge is 0.185 e. The molecule has 4 heteroatoms. The molecule has 1 atom stereocenters.